The summed E-state index contributed by atoms with van der Waals surface area (Å²) in [6.07, 6.45) is 6.64. The standard InChI is InChI=1S/C19H21N3O2/c1-12(2)18-20-14(16-7-5-6-10-22(16)18)8-9-17(23)15-11-24-19(21-15)13(3)4/h5-13H,1-4H3/b9-8+. The molecule has 3 aromatic heterocycles. The summed E-state index contributed by atoms with van der Waals surface area (Å²) in [4.78, 5) is 21.2. The van der Waals surface area contributed by atoms with Gasteiger partial charge in [0, 0.05) is 18.0 Å². The van der Waals surface area contributed by atoms with E-state index in [9.17, 15) is 4.79 Å². The zero-order valence-electron chi connectivity index (χ0n) is 14.4. The van der Waals surface area contributed by atoms with E-state index in [0.717, 1.165) is 17.0 Å². The summed E-state index contributed by atoms with van der Waals surface area (Å²) in [5.74, 6) is 1.81. The highest BCUT2D eigenvalue weighted by molar-refractivity contribution is 6.05. The van der Waals surface area contributed by atoms with E-state index < -0.39 is 0 Å². The predicted molar refractivity (Wildman–Crippen MR) is 93.2 cm³/mol. The van der Waals surface area contributed by atoms with Gasteiger partial charge in [-0.05, 0) is 24.3 Å². The number of aromatic nitrogens is 3. The summed E-state index contributed by atoms with van der Waals surface area (Å²) in [7, 11) is 0. The molecule has 0 aromatic carbocycles. The smallest absolute Gasteiger partial charge is 0.207 e. The number of ketones is 1. The molecule has 0 aliphatic rings. The van der Waals surface area contributed by atoms with Gasteiger partial charge in [0.1, 0.15) is 17.8 Å². The topological polar surface area (TPSA) is 60.4 Å². The molecule has 5 nitrogen and oxygen atoms in total. The van der Waals surface area contributed by atoms with Gasteiger partial charge in [-0.15, -0.1) is 0 Å². The van der Waals surface area contributed by atoms with Crippen molar-refractivity contribution in [1.29, 1.82) is 0 Å². The minimum Gasteiger partial charge on any atom is -0.448 e. The molecule has 0 saturated carbocycles. The Morgan fingerprint density at radius 2 is 1.96 bits per heavy atom. The van der Waals surface area contributed by atoms with Crippen molar-refractivity contribution in [2.75, 3.05) is 0 Å². The van der Waals surface area contributed by atoms with Gasteiger partial charge in [-0.1, -0.05) is 33.8 Å². The maximum absolute atomic E-state index is 12.3. The fourth-order valence-electron chi connectivity index (χ4n) is 2.52. The van der Waals surface area contributed by atoms with Crippen molar-refractivity contribution in [3.8, 4) is 0 Å². The summed E-state index contributed by atoms with van der Waals surface area (Å²) in [5, 5.41) is 0. The lowest BCUT2D eigenvalue weighted by molar-refractivity contribution is 0.104. The van der Waals surface area contributed by atoms with Gasteiger partial charge in [0.25, 0.3) is 0 Å². The van der Waals surface area contributed by atoms with Gasteiger partial charge in [-0.25, -0.2) is 9.97 Å². The number of allylic oxidation sites excluding steroid dienone is 1. The number of carbonyl (C=O) groups is 1. The van der Waals surface area contributed by atoms with Crippen molar-refractivity contribution in [3.63, 3.8) is 0 Å². The highest BCUT2D eigenvalue weighted by atomic mass is 16.3. The Morgan fingerprint density at radius 1 is 1.17 bits per heavy atom. The average molecular weight is 323 g/mol. The molecular formula is C19H21N3O2. The Kier molecular flexibility index (Phi) is 4.34. The van der Waals surface area contributed by atoms with Crippen LogP contribution in [0, 0.1) is 0 Å². The van der Waals surface area contributed by atoms with Crippen LogP contribution in [-0.2, 0) is 0 Å². The molecular weight excluding hydrogens is 302 g/mol. The molecule has 0 amide bonds. The first-order chi connectivity index (χ1) is 11.5. The van der Waals surface area contributed by atoms with Crippen LogP contribution in [0.25, 0.3) is 11.6 Å². The number of hydrogen-bond donors (Lipinski definition) is 0. The van der Waals surface area contributed by atoms with E-state index in [2.05, 4.69) is 28.2 Å². The number of fused-ring (bicyclic) bond motifs is 1. The molecule has 3 heterocycles. The zero-order valence-corrected chi connectivity index (χ0v) is 14.4. The molecule has 0 fully saturated rings. The molecule has 0 aliphatic carbocycles. The Hall–Kier alpha value is -2.69. The zero-order chi connectivity index (χ0) is 17.3. The van der Waals surface area contributed by atoms with Gasteiger partial charge in [0.15, 0.2) is 5.89 Å². The lowest BCUT2D eigenvalue weighted by Gasteiger charge is -2.02. The van der Waals surface area contributed by atoms with E-state index in [1.54, 1.807) is 6.08 Å². The van der Waals surface area contributed by atoms with Gasteiger partial charge in [0.05, 0.1) is 11.2 Å². The maximum Gasteiger partial charge on any atom is 0.207 e. The Bertz CT molecular complexity index is 900. The summed E-state index contributed by atoms with van der Waals surface area (Å²) in [6, 6.07) is 5.94. The molecule has 0 N–H and O–H groups in total. The Balaban J connectivity index is 1.91. The largest absolute Gasteiger partial charge is 0.448 e. The highest BCUT2D eigenvalue weighted by Gasteiger charge is 2.14. The lowest BCUT2D eigenvalue weighted by atomic mass is 10.2. The van der Waals surface area contributed by atoms with Crippen LogP contribution in [0.4, 0.5) is 0 Å². The van der Waals surface area contributed by atoms with Crippen molar-refractivity contribution in [2.24, 2.45) is 0 Å². The van der Waals surface area contributed by atoms with Gasteiger partial charge < -0.3 is 8.82 Å². The Morgan fingerprint density at radius 3 is 2.62 bits per heavy atom. The van der Waals surface area contributed by atoms with Gasteiger partial charge >= 0.3 is 0 Å². The second-order valence-electron chi connectivity index (χ2n) is 6.39. The van der Waals surface area contributed by atoms with Crippen LogP contribution in [0.2, 0.25) is 0 Å². The van der Waals surface area contributed by atoms with Crippen LogP contribution in [-0.4, -0.2) is 20.2 Å². The second-order valence-corrected chi connectivity index (χ2v) is 6.39. The minimum absolute atomic E-state index is 0.154. The van der Waals surface area contributed by atoms with E-state index in [1.165, 1.54) is 12.3 Å². The minimum atomic E-state index is -0.186. The summed E-state index contributed by atoms with van der Waals surface area (Å²) < 4.78 is 7.38. The molecule has 0 unspecified atom stereocenters. The van der Waals surface area contributed by atoms with Crippen molar-refractivity contribution in [1.82, 2.24) is 14.4 Å². The fraction of sp³-hybridized carbons (Fsp3) is 0.316. The summed E-state index contributed by atoms with van der Waals surface area (Å²) >= 11 is 0. The number of rotatable bonds is 5. The molecule has 0 saturated heterocycles. The molecule has 24 heavy (non-hydrogen) atoms. The normalized spacial score (nSPS) is 12.1. The van der Waals surface area contributed by atoms with Crippen molar-refractivity contribution < 1.29 is 9.21 Å². The first-order valence-corrected chi connectivity index (χ1v) is 8.12. The van der Waals surface area contributed by atoms with E-state index in [1.807, 2.05) is 38.2 Å². The predicted octanol–water partition coefficient (Wildman–Crippen LogP) is 4.47. The van der Waals surface area contributed by atoms with Crippen LogP contribution < -0.4 is 0 Å². The molecule has 0 atom stereocenters. The number of nitrogens with zero attached hydrogens (tertiary/aromatic N) is 3. The van der Waals surface area contributed by atoms with Gasteiger partial charge in [-0.3, -0.25) is 4.79 Å². The van der Waals surface area contributed by atoms with E-state index in [4.69, 9.17) is 4.42 Å². The van der Waals surface area contributed by atoms with Crippen LogP contribution in [0.5, 0.6) is 0 Å². The summed E-state index contributed by atoms with van der Waals surface area (Å²) in [5.41, 5.74) is 2.08. The molecule has 0 bridgehead atoms. The van der Waals surface area contributed by atoms with Crippen LogP contribution in [0.1, 0.15) is 67.4 Å². The molecule has 0 aliphatic heterocycles. The molecule has 3 rings (SSSR count). The van der Waals surface area contributed by atoms with Gasteiger partial charge in [0.2, 0.25) is 5.78 Å². The summed E-state index contributed by atoms with van der Waals surface area (Å²) in [6.45, 7) is 8.15. The molecule has 5 heteroatoms. The number of carbonyl (C=O) groups excluding carboxylic acids is 1. The number of imidazole rings is 1. The van der Waals surface area contributed by atoms with Crippen LogP contribution in [0.15, 0.2) is 41.2 Å². The van der Waals surface area contributed by atoms with Crippen molar-refractivity contribution >= 4 is 17.4 Å². The number of pyridine rings is 1. The van der Waals surface area contributed by atoms with E-state index in [-0.39, 0.29) is 11.7 Å². The third-order valence-corrected chi connectivity index (χ3v) is 3.78. The lowest BCUT2D eigenvalue weighted by Crippen LogP contribution is -1.96. The van der Waals surface area contributed by atoms with Crippen molar-refractivity contribution in [2.45, 2.75) is 39.5 Å². The van der Waals surface area contributed by atoms with E-state index >= 15 is 0 Å². The number of hydrogen-bond acceptors (Lipinski definition) is 4. The molecule has 0 radical (unpaired) electrons. The average Bonchev–Trinajstić information content (AvgIpc) is 3.18. The first-order valence-electron chi connectivity index (χ1n) is 8.12. The first kappa shape index (κ1) is 16.2. The SMILES string of the molecule is CC(C)c1nc(C(=O)/C=C/c2nc(C(C)C)n3ccccc23)co1. The third-order valence-electron chi connectivity index (χ3n) is 3.78. The second kappa shape index (κ2) is 6.43. The van der Waals surface area contributed by atoms with Crippen LogP contribution >= 0.6 is 0 Å². The highest BCUT2D eigenvalue weighted by Crippen LogP contribution is 2.21. The third kappa shape index (κ3) is 3.02. The van der Waals surface area contributed by atoms with Crippen LogP contribution in [0.3, 0.4) is 0 Å². The van der Waals surface area contributed by atoms with Crippen molar-refractivity contribution in [3.05, 3.63) is 59.8 Å². The monoisotopic (exact) mass is 323 g/mol. The molecule has 124 valence electrons. The number of oxazole rings is 1. The molecule has 3 aromatic rings. The van der Waals surface area contributed by atoms with Gasteiger partial charge in [-0.2, -0.15) is 0 Å². The molecule has 0 spiro atoms. The maximum atomic E-state index is 12.3. The van der Waals surface area contributed by atoms with E-state index in [0.29, 0.717) is 17.5 Å². The fourth-order valence-corrected chi connectivity index (χ4v) is 2.52. The quantitative estimate of drug-likeness (QED) is 0.513. The Labute approximate surface area is 141 Å².